The Balaban J connectivity index is 2.47. The fourth-order valence-corrected chi connectivity index (χ4v) is 3.02. The van der Waals surface area contributed by atoms with Crippen LogP contribution in [-0.4, -0.2) is 40.0 Å². The van der Waals surface area contributed by atoms with Crippen molar-refractivity contribution in [1.82, 2.24) is 10.6 Å². The Morgan fingerprint density at radius 3 is 2.52 bits per heavy atom. The Bertz CT molecular complexity index is 637. The summed E-state index contributed by atoms with van der Waals surface area (Å²) in [5.41, 5.74) is 2.31. The summed E-state index contributed by atoms with van der Waals surface area (Å²) in [7, 11) is -1.19. The van der Waals surface area contributed by atoms with Gasteiger partial charge in [0.05, 0.1) is 5.75 Å². The predicted octanol–water partition coefficient (Wildman–Crippen LogP) is 2.12. The summed E-state index contributed by atoms with van der Waals surface area (Å²) >= 11 is 0. The van der Waals surface area contributed by atoms with E-state index in [2.05, 4.69) is 54.6 Å². The number of aliphatic imine (C=N–C) groups is 1. The molecule has 2 N–H and O–H groups in total. The van der Waals surface area contributed by atoms with Crippen LogP contribution in [0.25, 0.3) is 0 Å². The molecule has 0 saturated heterocycles. The molecule has 0 amide bonds. The quantitative estimate of drug-likeness (QED) is 0.590. The highest BCUT2D eigenvalue weighted by atomic mass is 32.2. The highest BCUT2D eigenvalue weighted by molar-refractivity contribution is 7.90. The summed E-state index contributed by atoms with van der Waals surface area (Å²) in [5, 5.41) is 6.55. The molecule has 0 spiro atoms. The van der Waals surface area contributed by atoms with Crippen LogP contribution in [0.1, 0.15) is 31.4 Å². The van der Waals surface area contributed by atoms with Crippen molar-refractivity contribution in [2.75, 3.05) is 25.6 Å². The minimum absolute atomic E-state index is 0.121. The van der Waals surface area contributed by atoms with Gasteiger partial charge >= 0.3 is 0 Å². The zero-order chi connectivity index (χ0) is 17.5. The van der Waals surface area contributed by atoms with Crippen LogP contribution < -0.4 is 10.6 Å². The molecule has 23 heavy (non-hydrogen) atoms. The Labute approximate surface area is 140 Å². The van der Waals surface area contributed by atoms with E-state index in [1.54, 1.807) is 7.05 Å². The molecular weight excluding hydrogens is 310 g/mol. The average Bonchev–Trinajstić information content (AvgIpc) is 2.45. The normalized spacial score (nSPS) is 13.0. The molecular formula is C17H29N3O2S. The van der Waals surface area contributed by atoms with Gasteiger partial charge < -0.3 is 10.6 Å². The molecule has 0 unspecified atom stereocenters. The van der Waals surface area contributed by atoms with Gasteiger partial charge in [-0.3, -0.25) is 4.99 Å². The first-order chi connectivity index (χ1) is 10.6. The van der Waals surface area contributed by atoms with Gasteiger partial charge in [-0.25, -0.2) is 8.42 Å². The maximum atomic E-state index is 11.3. The molecule has 0 atom stereocenters. The fourth-order valence-electron chi connectivity index (χ4n) is 2.10. The number of hydrogen-bond acceptors (Lipinski definition) is 3. The minimum atomic E-state index is -2.93. The van der Waals surface area contributed by atoms with Crippen LogP contribution in [-0.2, 0) is 16.4 Å². The third-order valence-corrected chi connectivity index (χ3v) is 4.60. The van der Waals surface area contributed by atoms with Crippen LogP contribution in [0.5, 0.6) is 0 Å². The maximum absolute atomic E-state index is 11.3. The van der Waals surface area contributed by atoms with E-state index in [9.17, 15) is 8.42 Å². The first-order valence-electron chi connectivity index (χ1n) is 7.79. The Kier molecular flexibility index (Phi) is 7.06. The number of guanidine groups is 1. The molecule has 1 aromatic rings. The summed E-state index contributed by atoms with van der Waals surface area (Å²) in [6.07, 6.45) is 1.90. The number of nitrogens with zero attached hydrogens (tertiary/aromatic N) is 1. The number of benzene rings is 1. The molecule has 1 aromatic carbocycles. The van der Waals surface area contributed by atoms with Gasteiger partial charge in [0.15, 0.2) is 5.96 Å². The third kappa shape index (κ3) is 8.59. The number of sulfone groups is 1. The van der Waals surface area contributed by atoms with Crippen LogP contribution in [0.2, 0.25) is 0 Å². The second-order valence-electron chi connectivity index (χ2n) is 6.81. The Morgan fingerprint density at radius 1 is 1.26 bits per heavy atom. The largest absolute Gasteiger partial charge is 0.356 e. The molecule has 130 valence electrons. The van der Waals surface area contributed by atoms with Crippen molar-refractivity contribution in [3.05, 3.63) is 35.4 Å². The van der Waals surface area contributed by atoms with Crippen LogP contribution in [0, 0.1) is 12.3 Å². The van der Waals surface area contributed by atoms with Gasteiger partial charge in [0.1, 0.15) is 9.84 Å². The van der Waals surface area contributed by atoms with E-state index in [0.717, 1.165) is 5.96 Å². The van der Waals surface area contributed by atoms with Gasteiger partial charge in [0, 0.05) is 26.4 Å². The van der Waals surface area contributed by atoms with E-state index < -0.39 is 9.84 Å². The van der Waals surface area contributed by atoms with Crippen LogP contribution in [0.3, 0.4) is 0 Å². The molecule has 0 fully saturated rings. The van der Waals surface area contributed by atoms with Crippen molar-refractivity contribution in [1.29, 1.82) is 0 Å². The second-order valence-corrected chi connectivity index (χ2v) is 9.07. The van der Waals surface area contributed by atoms with E-state index in [0.29, 0.717) is 19.5 Å². The zero-order valence-electron chi connectivity index (χ0n) is 14.8. The van der Waals surface area contributed by atoms with E-state index >= 15 is 0 Å². The molecule has 0 bridgehead atoms. The van der Waals surface area contributed by atoms with Gasteiger partial charge in [-0.05, 0) is 24.3 Å². The lowest BCUT2D eigenvalue weighted by atomic mass is 9.90. The first kappa shape index (κ1) is 19.5. The lowest BCUT2D eigenvalue weighted by Crippen LogP contribution is -2.42. The van der Waals surface area contributed by atoms with Crippen molar-refractivity contribution in [2.24, 2.45) is 10.4 Å². The summed E-state index contributed by atoms with van der Waals surface area (Å²) in [6.45, 7) is 7.54. The Morgan fingerprint density at radius 2 is 1.96 bits per heavy atom. The Hall–Kier alpha value is -1.56. The fraction of sp³-hybridized carbons (Fsp3) is 0.588. The second kappa shape index (κ2) is 8.34. The number of hydrogen-bond donors (Lipinski definition) is 2. The molecule has 5 nitrogen and oxygen atoms in total. The monoisotopic (exact) mass is 339 g/mol. The van der Waals surface area contributed by atoms with Crippen molar-refractivity contribution >= 4 is 15.8 Å². The SMILES string of the molecule is CN=C(NCc1cccc(C)c1)NCC(C)(C)CCS(C)(=O)=O. The van der Waals surface area contributed by atoms with E-state index in [4.69, 9.17) is 0 Å². The summed E-state index contributed by atoms with van der Waals surface area (Å²) in [6, 6.07) is 8.32. The van der Waals surface area contributed by atoms with E-state index in [1.807, 2.05) is 6.07 Å². The third-order valence-electron chi connectivity index (χ3n) is 3.65. The van der Waals surface area contributed by atoms with Gasteiger partial charge in [-0.2, -0.15) is 0 Å². The summed E-state index contributed by atoms with van der Waals surface area (Å²) in [4.78, 5) is 4.21. The molecule has 0 aliphatic carbocycles. The lowest BCUT2D eigenvalue weighted by Gasteiger charge is -2.25. The molecule has 6 heteroatoms. The first-order valence-corrected chi connectivity index (χ1v) is 9.85. The summed E-state index contributed by atoms with van der Waals surface area (Å²) < 4.78 is 22.6. The molecule has 0 heterocycles. The highest BCUT2D eigenvalue weighted by Gasteiger charge is 2.20. The minimum Gasteiger partial charge on any atom is -0.356 e. The topological polar surface area (TPSA) is 70.6 Å². The number of nitrogens with one attached hydrogen (secondary N) is 2. The number of rotatable bonds is 7. The smallest absolute Gasteiger partial charge is 0.191 e. The number of aryl methyl sites for hydroxylation is 1. The molecule has 0 aliphatic heterocycles. The van der Waals surface area contributed by atoms with Crippen molar-refractivity contribution in [3.8, 4) is 0 Å². The summed E-state index contributed by atoms with van der Waals surface area (Å²) in [5.74, 6) is 0.927. The maximum Gasteiger partial charge on any atom is 0.191 e. The van der Waals surface area contributed by atoms with Crippen molar-refractivity contribution in [2.45, 2.75) is 33.7 Å². The van der Waals surface area contributed by atoms with Crippen LogP contribution in [0.15, 0.2) is 29.3 Å². The van der Waals surface area contributed by atoms with Crippen LogP contribution in [0.4, 0.5) is 0 Å². The van der Waals surface area contributed by atoms with Crippen LogP contribution >= 0.6 is 0 Å². The van der Waals surface area contributed by atoms with E-state index in [-0.39, 0.29) is 11.2 Å². The van der Waals surface area contributed by atoms with Gasteiger partial charge in [-0.15, -0.1) is 0 Å². The van der Waals surface area contributed by atoms with E-state index in [1.165, 1.54) is 17.4 Å². The molecule has 0 aromatic heterocycles. The predicted molar refractivity (Wildman–Crippen MR) is 97.5 cm³/mol. The molecule has 0 saturated carbocycles. The molecule has 0 aliphatic rings. The van der Waals surface area contributed by atoms with Gasteiger partial charge in [0.2, 0.25) is 0 Å². The van der Waals surface area contributed by atoms with Gasteiger partial charge in [-0.1, -0.05) is 43.7 Å². The molecule has 1 rings (SSSR count). The van der Waals surface area contributed by atoms with Crippen molar-refractivity contribution < 1.29 is 8.42 Å². The average molecular weight is 340 g/mol. The lowest BCUT2D eigenvalue weighted by molar-refractivity contribution is 0.348. The highest BCUT2D eigenvalue weighted by Crippen LogP contribution is 2.19. The zero-order valence-corrected chi connectivity index (χ0v) is 15.6. The van der Waals surface area contributed by atoms with Gasteiger partial charge in [0.25, 0.3) is 0 Å². The van der Waals surface area contributed by atoms with Crippen molar-refractivity contribution in [3.63, 3.8) is 0 Å². The molecule has 0 radical (unpaired) electrons. The standard InChI is InChI=1S/C17H29N3O2S/c1-14-7-6-8-15(11-14)12-19-16(18-4)20-13-17(2,3)9-10-23(5,21)22/h6-8,11H,9-10,12-13H2,1-5H3,(H2,18,19,20).